The molecule has 6 rings (SSSR count). The number of carbonyl (C=O) groups is 1. The largest absolute Gasteiger partial charge is 0.366 e. The number of hydrogen-bond acceptors (Lipinski definition) is 5. The molecular formula is C31H26BrN7O. The lowest BCUT2D eigenvalue weighted by molar-refractivity contribution is 0.262. The second kappa shape index (κ2) is 11.2. The normalized spacial score (nSPS) is 12.9. The quantitative estimate of drug-likeness (QED) is 0.181. The van der Waals surface area contributed by atoms with E-state index in [1.165, 1.54) is 24.8 Å². The summed E-state index contributed by atoms with van der Waals surface area (Å²) in [5.41, 5.74) is 6.84. The lowest BCUT2D eigenvalue weighted by Gasteiger charge is -2.28. The van der Waals surface area contributed by atoms with Crippen LogP contribution in [0.25, 0.3) is 16.9 Å². The molecule has 0 atom stereocenters. The highest BCUT2D eigenvalue weighted by molar-refractivity contribution is 9.10. The van der Waals surface area contributed by atoms with E-state index in [1.807, 2.05) is 24.3 Å². The van der Waals surface area contributed by atoms with E-state index >= 15 is 0 Å². The van der Waals surface area contributed by atoms with Crippen LogP contribution in [0.4, 0.5) is 22.0 Å². The summed E-state index contributed by atoms with van der Waals surface area (Å²) in [4.78, 5) is 17.5. The third-order valence-corrected chi connectivity index (χ3v) is 7.68. The summed E-state index contributed by atoms with van der Waals surface area (Å²) in [6.45, 7) is 0.516. The maximum Gasteiger partial charge on any atom is 0.323 e. The molecule has 198 valence electrons. The average molecular weight is 593 g/mol. The van der Waals surface area contributed by atoms with Crippen molar-refractivity contribution in [2.75, 3.05) is 16.0 Å². The van der Waals surface area contributed by atoms with Crippen LogP contribution in [0.2, 0.25) is 0 Å². The van der Waals surface area contributed by atoms with Crippen molar-refractivity contribution in [3.8, 4) is 17.3 Å². The van der Waals surface area contributed by atoms with Crippen molar-refractivity contribution in [3.05, 3.63) is 106 Å². The standard InChI is InChI=1S/C31H26BrN7O/c32-27-19-35-39-29(16-28(38-30(27)39)26-13-2-1-12-25(26)22-8-5-9-22)34-18-21-7-4-11-24(15-21)37-31(40)36-23-10-3-6-20(14-23)17-33/h1-4,6-7,10-16,19,22,34H,5,8-9,18H2,(H2,36,37,40). The lowest BCUT2D eigenvalue weighted by Crippen LogP contribution is -2.19. The van der Waals surface area contributed by atoms with Gasteiger partial charge in [-0.2, -0.15) is 14.9 Å². The predicted octanol–water partition coefficient (Wildman–Crippen LogP) is 7.55. The van der Waals surface area contributed by atoms with Crippen LogP contribution in [-0.4, -0.2) is 20.6 Å². The minimum atomic E-state index is -0.382. The molecule has 1 fully saturated rings. The molecule has 3 aromatic carbocycles. The number of amides is 2. The summed E-state index contributed by atoms with van der Waals surface area (Å²) in [5, 5.41) is 22.7. The second-order valence-electron chi connectivity index (χ2n) is 9.80. The van der Waals surface area contributed by atoms with Crippen molar-refractivity contribution < 1.29 is 4.79 Å². The van der Waals surface area contributed by atoms with Crippen molar-refractivity contribution in [1.29, 1.82) is 5.26 Å². The van der Waals surface area contributed by atoms with Gasteiger partial charge in [-0.05, 0) is 76.1 Å². The monoisotopic (exact) mass is 591 g/mol. The lowest BCUT2D eigenvalue weighted by atomic mass is 9.78. The van der Waals surface area contributed by atoms with Gasteiger partial charge in [-0.1, -0.05) is 48.9 Å². The van der Waals surface area contributed by atoms with E-state index < -0.39 is 0 Å². The maximum absolute atomic E-state index is 12.6. The summed E-state index contributed by atoms with van der Waals surface area (Å²) in [6.07, 6.45) is 5.46. The maximum atomic E-state index is 12.6. The molecule has 0 bridgehead atoms. The Morgan fingerprint density at radius 3 is 2.55 bits per heavy atom. The van der Waals surface area contributed by atoms with Crippen LogP contribution in [0.3, 0.4) is 0 Å². The number of nitriles is 1. The highest BCUT2D eigenvalue weighted by atomic mass is 79.9. The van der Waals surface area contributed by atoms with Gasteiger partial charge in [0, 0.05) is 29.5 Å². The topological polar surface area (TPSA) is 107 Å². The number of halogens is 1. The molecule has 1 saturated carbocycles. The smallest absolute Gasteiger partial charge is 0.323 e. The number of nitrogens with one attached hydrogen (secondary N) is 3. The van der Waals surface area contributed by atoms with Crippen LogP contribution in [0.15, 0.2) is 89.5 Å². The molecule has 2 aromatic heterocycles. The summed E-state index contributed by atoms with van der Waals surface area (Å²) in [6, 6.07) is 26.7. The molecule has 0 spiro atoms. The third-order valence-electron chi connectivity index (χ3n) is 7.12. The van der Waals surface area contributed by atoms with Crippen LogP contribution >= 0.6 is 15.9 Å². The van der Waals surface area contributed by atoms with Gasteiger partial charge >= 0.3 is 6.03 Å². The van der Waals surface area contributed by atoms with E-state index in [4.69, 9.17) is 10.2 Å². The van der Waals surface area contributed by atoms with Gasteiger partial charge in [-0.15, -0.1) is 0 Å². The minimum Gasteiger partial charge on any atom is -0.366 e. The Balaban J connectivity index is 1.21. The SMILES string of the molecule is N#Cc1cccc(NC(=O)Nc2cccc(CNc3cc(-c4ccccc4C4CCC4)nc4c(Br)cnn34)c2)c1. The molecule has 0 unspecified atom stereocenters. The van der Waals surface area contributed by atoms with Crippen molar-refractivity contribution >= 4 is 44.8 Å². The highest BCUT2D eigenvalue weighted by Crippen LogP contribution is 2.41. The molecule has 2 heterocycles. The molecule has 0 aliphatic heterocycles. The van der Waals surface area contributed by atoms with Crippen molar-refractivity contribution in [2.45, 2.75) is 31.7 Å². The van der Waals surface area contributed by atoms with Crippen molar-refractivity contribution in [2.24, 2.45) is 0 Å². The Labute approximate surface area is 240 Å². The van der Waals surface area contributed by atoms with Crippen LogP contribution in [0.1, 0.15) is 41.9 Å². The van der Waals surface area contributed by atoms with Crippen molar-refractivity contribution in [1.82, 2.24) is 14.6 Å². The van der Waals surface area contributed by atoms with Crippen LogP contribution in [-0.2, 0) is 6.54 Å². The van der Waals surface area contributed by atoms with Gasteiger partial charge in [0.15, 0.2) is 5.65 Å². The minimum absolute atomic E-state index is 0.382. The molecule has 5 aromatic rings. The van der Waals surface area contributed by atoms with E-state index in [9.17, 15) is 4.79 Å². The third kappa shape index (κ3) is 5.40. The molecule has 0 saturated heterocycles. The summed E-state index contributed by atoms with van der Waals surface area (Å²) < 4.78 is 2.63. The molecule has 2 amide bonds. The van der Waals surface area contributed by atoms with E-state index in [0.717, 1.165) is 32.8 Å². The first kappa shape index (κ1) is 25.6. The fraction of sp³-hybridized carbons (Fsp3) is 0.161. The summed E-state index contributed by atoms with van der Waals surface area (Å²) >= 11 is 3.60. The zero-order chi connectivity index (χ0) is 27.5. The fourth-order valence-electron chi connectivity index (χ4n) is 4.92. The van der Waals surface area contributed by atoms with E-state index in [2.05, 4.69) is 73.4 Å². The van der Waals surface area contributed by atoms with E-state index in [0.29, 0.717) is 29.4 Å². The first-order valence-corrected chi connectivity index (χ1v) is 13.9. The Morgan fingerprint density at radius 1 is 1.00 bits per heavy atom. The summed E-state index contributed by atoms with van der Waals surface area (Å²) in [7, 11) is 0. The molecule has 8 nitrogen and oxygen atoms in total. The van der Waals surface area contributed by atoms with Gasteiger partial charge < -0.3 is 16.0 Å². The number of hydrogen-bond donors (Lipinski definition) is 3. The number of nitrogens with zero attached hydrogens (tertiary/aromatic N) is 4. The number of anilines is 3. The van der Waals surface area contributed by atoms with Gasteiger partial charge in [0.1, 0.15) is 5.82 Å². The number of rotatable bonds is 7. The van der Waals surface area contributed by atoms with E-state index in [1.54, 1.807) is 35.0 Å². The van der Waals surface area contributed by atoms with Crippen LogP contribution < -0.4 is 16.0 Å². The zero-order valence-corrected chi connectivity index (χ0v) is 23.1. The Hall–Kier alpha value is -4.68. The highest BCUT2D eigenvalue weighted by Gasteiger charge is 2.23. The van der Waals surface area contributed by atoms with Gasteiger partial charge in [0.2, 0.25) is 0 Å². The fourth-order valence-corrected chi connectivity index (χ4v) is 5.27. The number of carbonyl (C=O) groups excluding carboxylic acids is 1. The van der Waals surface area contributed by atoms with Gasteiger partial charge in [-0.3, -0.25) is 0 Å². The Bertz CT molecular complexity index is 1750. The molecular weight excluding hydrogens is 566 g/mol. The Kier molecular flexibility index (Phi) is 7.17. The number of benzene rings is 3. The molecule has 9 heteroatoms. The molecule has 1 aliphatic rings. The van der Waals surface area contributed by atoms with Crippen LogP contribution in [0, 0.1) is 11.3 Å². The molecule has 3 N–H and O–H groups in total. The number of aromatic nitrogens is 3. The van der Waals surface area contributed by atoms with Gasteiger partial charge in [0.05, 0.1) is 28.0 Å². The van der Waals surface area contributed by atoms with Gasteiger partial charge in [0.25, 0.3) is 0 Å². The predicted molar refractivity (Wildman–Crippen MR) is 160 cm³/mol. The molecule has 40 heavy (non-hydrogen) atoms. The zero-order valence-electron chi connectivity index (χ0n) is 21.6. The number of fused-ring (bicyclic) bond motifs is 1. The van der Waals surface area contributed by atoms with Gasteiger partial charge in [-0.25, -0.2) is 9.78 Å². The first-order valence-electron chi connectivity index (χ1n) is 13.1. The van der Waals surface area contributed by atoms with Crippen molar-refractivity contribution in [3.63, 3.8) is 0 Å². The molecule has 1 aliphatic carbocycles. The first-order chi connectivity index (χ1) is 19.6. The van der Waals surface area contributed by atoms with E-state index in [-0.39, 0.29) is 6.03 Å². The van der Waals surface area contributed by atoms with Crippen LogP contribution in [0.5, 0.6) is 0 Å². The number of urea groups is 1. The summed E-state index contributed by atoms with van der Waals surface area (Å²) in [5.74, 6) is 1.41. The second-order valence-corrected chi connectivity index (χ2v) is 10.6. The average Bonchev–Trinajstić information content (AvgIpc) is 3.32. The Morgan fingerprint density at radius 2 is 1.77 bits per heavy atom. The molecule has 0 radical (unpaired) electrons.